The fraction of sp³-hybridized carbons (Fsp3) is 0.667. The van der Waals surface area contributed by atoms with Gasteiger partial charge in [0.25, 0.3) is 0 Å². The van der Waals surface area contributed by atoms with Crippen molar-refractivity contribution >= 4 is 19.9 Å². The summed E-state index contributed by atoms with van der Waals surface area (Å²) in [5.41, 5.74) is 5.35. The van der Waals surface area contributed by atoms with E-state index < -0.39 is 25.9 Å². The molecule has 3 N–H and O–H groups in total. The molecule has 0 aromatic carbocycles. The smallest absolute Gasteiger partial charge is 0.243 e. The molecule has 19 heavy (non-hydrogen) atoms. The van der Waals surface area contributed by atoms with E-state index in [9.17, 15) is 16.8 Å². The Hall–Kier alpha value is -0.970. The lowest BCUT2D eigenvalue weighted by Crippen LogP contribution is -2.35. The van der Waals surface area contributed by atoms with Gasteiger partial charge in [0, 0.05) is 18.8 Å². The Kier molecular flexibility index (Phi) is 3.95. The standard InChI is InChI=1S/C9H16N4O4S2/c10-2-3-13-6-9(5-11-13)19(16,17)12-8-1-4-18(14,15)7-8/h5-6,8,12H,1-4,7,10H2. The lowest BCUT2D eigenvalue weighted by atomic mass is 10.3. The molecule has 1 aromatic rings. The first kappa shape index (κ1) is 14.4. The number of aromatic nitrogens is 2. The first-order chi connectivity index (χ1) is 8.82. The van der Waals surface area contributed by atoms with Crippen LogP contribution >= 0.6 is 0 Å². The van der Waals surface area contributed by atoms with E-state index in [-0.39, 0.29) is 16.4 Å². The van der Waals surface area contributed by atoms with E-state index in [1.54, 1.807) is 0 Å². The second-order valence-corrected chi connectivity index (χ2v) is 8.39. The average Bonchev–Trinajstić information content (AvgIpc) is 2.86. The van der Waals surface area contributed by atoms with Crippen molar-refractivity contribution < 1.29 is 16.8 Å². The number of sulfone groups is 1. The van der Waals surface area contributed by atoms with Crippen LogP contribution in [0.2, 0.25) is 0 Å². The maximum absolute atomic E-state index is 12.0. The second kappa shape index (κ2) is 5.19. The van der Waals surface area contributed by atoms with E-state index in [1.165, 1.54) is 17.1 Å². The first-order valence-electron chi connectivity index (χ1n) is 5.78. The molecule has 1 atom stereocenters. The van der Waals surface area contributed by atoms with Crippen molar-refractivity contribution in [2.24, 2.45) is 5.73 Å². The molecule has 0 saturated carbocycles. The lowest BCUT2D eigenvalue weighted by molar-refractivity contribution is 0.562. The van der Waals surface area contributed by atoms with E-state index in [2.05, 4.69) is 9.82 Å². The van der Waals surface area contributed by atoms with Crippen LogP contribution in [-0.2, 0) is 26.4 Å². The minimum absolute atomic E-state index is 0.0187. The molecule has 0 bridgehead atoms. The van der Waals surface area contributed by atoms with Crippen LogP contribution in [0.4, 0.5) is 0 Å². The molecule has 1 aliphatic rings. The van der Waals surface area contributed by atoms with Crippen LogP contribution in [0.5, 0.6) is 0 Å². The molecule has 0 radical (unpaired) electrons. The van der Waals surface area contributed by atoms with Gasteiger partial charge in [-0.25, -0.2) is 21.6 Å². The van der Waals surface area contributed by atoms with Gasteiger partial charge in [0.1, 0.15) is 4.90 Å². The average molecular weight is 308 g/mol. The van der Waals surface area contributed by atoms with Gasteiger partial charge in [-0.2, -0.15) is 5.10 Å². The molecule has 108 valence electrons. The van der Waals surface area contributed by atoms with Crippen molar-refractivity contribution in [3.05, 3.63) is 12.4 Å². The largest absolute Gasteiger partial charge is 0.329 e. The Morgan fingerprint density at radius 1 is 1.53 bits per heavy atom. The highest BCUT2D eigenvalue weighted by Crippen LogP contribution is 2.15. The van der Waals surface area contributed by atoms with Crippen LogP contribution in [-0.4, -0.2) is 50.7 Å². The zero-order valence-electron chi connectivity index (χ0n) is 10.2. The fourth-order valence-corrected chi connectivity index (χ4v) is 4.91. The molecule has 0 aliphatic carbocycles. The predicted molar refractivity (Wildman–Crippen MR) is 68.7 cm³/mol. The summed E-state index contributed by atoms with van der Waals surface area (Å²) in [7, 11) is -6.85. The topological polar surface area (TPSA) is 124 Å². The minimum atomic E-state index is -3.73. The van der Waals surface area contributed by atoms with Crippen molar-refractivity contribution in [2.45, 2.75) is 23.9 Å². The first-order valence-corrected chi connectivity index (χ1v) is 9.08. The van der Waals surface area contributed by atoms with Crippen molar-refractivity contribution in [1.82, 2.24) is 14.5 Å². The predicted octanol–water partition coefficient (Wildman–Crippen LogP) is -1.69. The molecule has 0 spiro atoms. The van der Waals surface area contributed by atoms with Gasteiger partial charge in [0.05, 0.1) is 24.2 Å². The molecular weight excluding hydrogens is 292 g/mol. The number of hydrogen-bond acceptors (Lipinski definition) is 6. The number of sulfonamides is 1. The van der Waals surface area contributed by atoms with E-state index in [0.29, 0.717) is 19.5 Å². The normalized spacial score (nSPS) is 22.7. The van der Waals surface area contributed by atoms with Crippen LogP contribution < -0.4 is 10.5 Å². The van der Waals surface area contributed by atoms with E-state index >= 15 is 0 Å². The maximum atomic E-state index is 12.0. The fourth-order valence-electron chi connectivity index (χ4n) is 1.91. The number of nitrogens with zero attached hydrogens (tertiary/aromatic N) is 2. The van der Waals surface area contributed by atoms with Crippen LogP contribution in [0.3, 0.4) is 0 Å². The maximum Gasteiger partial charge on any atom is 0.243 e. The third-order valence-electron chi connectivity index (χ3n) is 2.83. The van der Waals surface area contributed by atoms with Gasteiger partial charge < -0.3 is 5.73 Å². The molecule has 1 aromatic heterocycles. The number of hydrogen-bond donors (Lipinski definition) is 2. The summed E-state index contributed by atoms with van der Waals surface area (Å²) in [6.45, 7) is 0.781. The zero-order chi connectivity index (χ0) is 14.1. The van der Waals surface area contributed by atoms with Gasteiger partial charge in [0.2, 0.25) is 10.0 Å². The molecule has 8 nitrogen and oxygen atoms in total. The van der Waals surface area contributed by atoms with Gasteiger partial charge in [0.15, 0.2) is 9.84 Å². The molecule has 1 aliphatic heterocycles. The third kappa shape index (κ3) is 3.53. The Labute approximate surface area is 111 Å². The zero-order valence-corrected chi connectivity index (χ0v) is 11.8. The Bertz CT molecular complexity index is 650. The van der Waals surface area contributed by atoms with E-state index in [4.69, 9.17) is 5.73 Å². The van der Waals surface area contributed by atoms with Crippen molar-refractivity contribution in [3.63, 3.8) is 0 Å². The van der Waals surface area contributed by atoms with Crippen LogP contribution in [0.1, 0.15) is 6.42 Å². The van der Waals surface area contributed by atoms with Gasteiger partial charge in [-0.15, -0.1) is 0 Å². The molecule has 10 heteroatoms. The van der Waals surface area contributed by atoms with Crippen molar-refractivity contribution in [3.8, 4) is 0 Å². The van der Waals surface area contributed by atoms with E-state index in [0.717, 1.165) is 0 Å². The molecule has 1 fully saturated rings. The number of nitrogens with one attached hydrogen (secondary N) is 1. The summed E-state index contributed by atoms with van der Waals surface area (Å²) >= 11 is 0. The summed E-state index contributed by atoms with van der Waals surface area (Å²) in [6, 6.07) is -0.562. The summed E-state index contributed by atoms with van der Waals surface area (Å²) in [5, 5.41) is 3.87. The summed E-state index contributed by atoms with van der Waals surface area (Å²) < 4.78 is 50.4. The van der Waals surface area contributed by atoms with E-state index in [1.807, 2.05) is 0 Å². The molecular formula is C9H16N4O4S2. The second-order valence-electron chi connectivity index (χ2n) is 4.45. The number of rotatable bonds is 5. The van der Waals surface area contributed by atoms with Gasteiger partial charge >= 0.3 is 0 Å². The number of nitrogens with two attached hydrogens (primary N) is 1. The van der Waals surface area contributed by atoms with Crippen molar-refractivity contribution in [2.75, 3.05) is 18.1 Å². The minimum Gasteiger partial charge on any atom is -0.329 e. The highest BCUT2D eigenvalue weighted by atomic mass is 32.2. The Balaban J connectivity index is 2.10. The van der Waals surface area contributed by atoms with Crippen LogP contribution in [0, 0.1) is 0 Å². The lowest BCUT2D eigenvalue weighted by Gasteiger charge is -2.09. The molecule has 1 unspecified atom stereocenters. The Morgan fingerprint density at radius 3 is 2.84 bits per heavy atom. The summed E-state index contributed by atoms with van der Waals surface area (Å²) in [6.07, 6.45) is 2.90. The monoisotopic (exact) mass is 308 g/mol. The molecule has 0 amide bonds. The SMILES string of the molecule is NCCn1cc(S(=O)(=O)NC2CCS(=O)(=O)C2)cn1. The third-order valence-corrected chi connectivity index (χ3v) is 6.08. The van der Waals surface area contributed by atoms with Gasteiger partial charge in [-0.05, 0) is 6.42 Å². The summed E-state index contributed by atoms with van der Waals surface area (Å²) in [4.78, 5) is 0.0187. The summed E-state index contributed by atoms with van der Waals surface area (Å²) in [5.74, 6) is -0.129. The van der Waals surface area contributed by atoms with Crippen LogP contribution in [0.25, 0.3) is 0 Å². The molecule has 2 rings (SSSR count). The van der Waals surface area contributed by atoms with Crippen molar-refractivity contribution in [1.29, 1.82) is 0 Å². The van der Waals surface area contributed by atoms with Gasteiger partial charge in [-0.1, -0.05) is 0 Å². The molecule has 2 heterocycles. The van der Waals surface area contributed by atoms with Gasteiger partial charge in [-0.3, -0.25) is 4.68 Å². The highest BCUT2D eigenvalue weighted by Gasteiger charge is 2.31. The quantitative estimate of drug-likeness (QED) is 0.668. The van der Waals surface area contributed by atoms with Crippen LogP contribution in [0.15, 0.2) is 17.3 Å². The Morgan fingerprint density at radius 2 is 2.26 bits per heavy atom. The highest BCUT2D eigenvalue weighted by molar-refractivity contribution is 7.92. The molecule has 1 saturated heterocycles.